The summed E-state index contributed by atoms with van der Waals surface area (Å²) in [4.78, 5) is 12.3. The van der Waals surface area contributed by atoms with Gasteiger partial charge in [0.2, 0.25) is 0 Å². The highest BCUT2D eigenvalue weighted by Crippen LogP contribution is 2.37. The smallest absolute Gasteiger partial charge is 0.185 e. The first-order valence-electron chi connectivity index (χ1n) is 8.79. The standard InChI is InChI=1S/C23H16Br3FO3/c1-29-22-9-3-14(2-8-21(28)15-4-6-18(27)7-5-15)10-16(22)13-30-23-19(25)11-17(24)12-20(23)26/h2-12H,13H2,1H3/b8-2+. The van der Waals surface area contributed by atoms with E-state index in [1.807, 2.05) is 30.3 Å². The largest absolute Gasteiger partial charge is 0.496 e. The Kier molecular flexibility index (Phi) is 7.86. The number of hydrogen-bond donors (Lipinski definition) is 0. The van der Waals surface area contributed by atoms with Crippen molar-refractivity contribution in [3.8, 4) is 11.5 Å². The molecule has 0 fully saturated rings. The molecule has 7 heteroatoms. The van der Waals surface area contributed by atoms with Gasteiger partial charge in [0.15, 0.2) is 5.78 Å². The summed E-state index contributed by atoms with van der Waals surface area (Å²) in [6, 6.07) is 14.8. The van der Waals surface area contributed by atoms with Crippen LogP contribution in [-0.4, -0.2) is 12.9 Å². The maximum atomic E-state index is 13.0. The molecule has 3 aromatic carbocycles. The van der Waals surface area contributed by atoms with Gasteiger partial charge in [-0.1, -0.05) is 28.1 Å². The number of rotatable bonds is 7. The van der Waals surface area contributed by atoms with E-state index in [4.69, 9.17) is 9.47 Å². The van der Waals surface area contributed by atoms with E-state index in [9.17, 15) is 9.18 Å². The Morgan fingerprint density at radius 1 is 1.00 bits per heavy atom. The van der Waals surface area contributed by atoms with Crippen molar-refractivity contribution in [1.82, 2.24) is 0 Å². The molecule has 0 amide bonds. The van der Waals surface area contributed by atoms with Crippen molar-refractivity contribution in [2.24, 2.45) is 0 Å². The number of carbonyl (C=O) groups excluding carboxylic acids is 1. The number of hydrogen-bond acceptors (Lipinski definition) is 3. The van der Waals surface area contributed by atoms with Gasteiger partial charge in [-0.3, -0.25) is 4.79 Å². The van der Waals surface area contributed by atoms with E-state index in [0.29, 0.717) is 17.1 Å². The van der Waals surface area contributed by atoms with Crippen molar-refractivity contribution in [2.75, 3.05) is 7.11 Å². The number of halogens is 4. The Labute approximate surface area is 199 Å². The average molecular weight is 599 g/mol. The van der Waals surface area contributed by atoms with E-state index in [0.717, 1.165) is 24.5 Å². The second-order valence-corrected chi connectivity index (χ2v) is 8.89. The minimum absolute atomic E-state index is 0.202. The van der Waals surface area contributed by atoms with Crippen LogP contribution in [0, 0.1) is 5.82 Å². The third-order valence-corrected chi connectivity index (χ3v) is 5.83. The fourth-order valence-corrected chi connectivity index (χ4v) is 5.20. The average Bonchev–Trinajstić information content (AvgIpc) is 2.71. The highest BCUT2D eigenvalue weighted by molar-refractivity contribution is 9.11. The topological polar surface area (TPSA) is 35.5 Å². The molecule has 0 radical (unpaired) electrons. The molecule has 0 saturated heterocycles. The van der Waals surface area contributed by atoms with E-state index in [2.05, 4.69) is 47.8 Å². The predicted molar refractivity (Wildman–Crippen MR) is 127 cm³/mol. The summed E-state index contributed by atoms with van der Waals surface area (Å²) in [5.74, 6) is 0.778. The molecular weight excluding hydrogens is 583 g/mol. The Morgan fingerprint density at radius 2 is 1.67 bits per heavy atom. The molecule has 3 nitrogen and oxygen atoms in total. The van der Waals surface area contributed by atoms with E-state index >= 15 is 0 Å². The van der Waals surface area contributed by atoms with Crippen LogP contribution in [0.2, 0.25) is 0 Å². The lowest BCUT2D eigenvalue weighted by Gasteiger charge is -2.14. The molecule has 0 saturated carbocycles. The van der Waals surface area contributed by atoms with E-state index < -0.39 is 0 Å². The van der Waals surface area contributed by atoms with Crippen LogP contribution in [0.1, 0.15) is 21.5 Å². The van der Waals surface area contributed by atoms with Crippen molar-refractivity contribution >= 4 is 59.6 Å². The summed E-state index contributed by atoms with van der Waals surface area (Å²) < 4.78 is 27.0. The molecule has 0 aromatic heterocycles. The van der Waals surface area contributed by atoms with Gasteiger partial charge in [0.1, 0.15) is 23.9 Å². The maximum Gasteiger partial charge on any atom is 0.185 e. The van der Waals surface area contributed by atoms with Crippen LogP contribution in [0.3, 0.4) is 0 Å². The molecule has 0 unspecified atom stereocenters. The summed E-state index contributed by atoms with van der Waals surface area (Å²) >= 11 is 10.4. The molecule has 30 heavy (non-hydrogen) atoms. The summed E-state index contributed by atoms with van der Waals surface area (Å²) in [5.41, 5.74) is 2.07. The minimum atomic E-state index is -0.376. The van der Waals surface area contributed by atoms with Crippen LogP contribution in [0.4, 0.5) is 4.39 Å². The molecular formula is C23H16Br3FO3. The van der Waals surface area contributed by atoms with Gasteiger partial charge in [0.05, 0.1) is 16.1 Å². The van der Waals surface area contributed by atoms with Crippen molar-refractivity contribution in [3.05, 3.63) is 96.6 Å². The van der Waals surface area contributed by atoms with Crippen LogP contribution in [0.15, 0.2) is 74.1 Å². The molecule has 0 heterocycles. The summed E-state index contributed by atoms with van der Waals surface area (Å²) in [7, 11) is 1.60. The molecule has 0 spiro atoms. The van der Waals surface area contributed by atoms with Gasteiger partial charge >= 0.3 is 0 Å². The highest BCUT2D eigenvalue weighted by atomic mass is 79.9. The van der Waals surface area contributed by atoms with Crippen LogP contribution in [0.5, 0.6) is 11.5 Å². The first-order chi connectivity index (χ1) is 14.4. The van der Waals surface area contributed by atoms with Gasteiger partial charge in [-0.25, -0.2) is 4.39 Å². The second-order valence-electron chi connectivity index (χ2n) is 6.26. The second kappa shape index (κ2) is 10.4. The summed E-state index contributed by atoms with van der Waals surface area (Å²) in [5, 5.41) is 0. The van der Waals surface area contributed by atoms with Crippen molar-refractivity contribution in [3.63, 3.8) is 0 Å². The monoisotopic (exact) mass is 596 g/mol. The number of methoxy groups -OCH3 is 1. The molecule has 0 bridgehead atoms. The van der Waals surface area contributed by atoms with Crippen LogP contribution in [-0.2, 0) is 6.61 Å². The maximum absolute atomic E-state index is 13.0. The van der Waals surface area contributed by atoms with Crippen LogP contribution >= 0.6 is 47.8 Å². The zero-order chi connectivity index (χ0) is 21.7. The fraction of sp³-hybridized carbons (Fsp3) is 0.0870. The number of allylic oxidation sites excluding steroid dienone is 1. The molecule has 0 aliphatic rings. The van der Waals surface area contributed by atoms with Gasteiger partial charge in [0, 0.05) is 15.6 Å². The first-order valence-corrected chi connectivity index (χ1v) is 11.2. The van der Waals surface area contributed by atoms with E-state index in [1.165, 1.54) is 30.3 Å². The lowest BCUT2D eigenvalue weighted by Crippen LogP contribution is -2.00. The van der Waals surface area contributed by atoms with Crippen molar-refractivity contribution in [2.45, 2.75) is 6.61 Å². The molecule has 0 N–H and O–H groups in total. The van der Waals surface area contributed by atoms with Crippen molar-refractivity contribution < 1.29 is 18.7 Å². The Bertz CT molecular complexity index is 1070. The van der Waals surface area contributed by atoms with Crippen molar-refractivity contribution in [1.29, 1.82) is 0 Å². The molecule has 154 valence electrons. The fourth-order valence-electron chi connectivity index (χ4n) is 2.71. The molecule has 0 atom stereocenters. The Hall–Kier alpha value is -1.96. The van der Waals surface area contributed by atoms with Crippen LogP contribution in [0.25, 0.3) is 6.08 Å². The molecule has 0 aliphatic carbocycles. The van der Waals surface area contributed by atoms with E-state index in [1.54, 1.807) is 13.2 Å². The van der Waals surface area contributed by atoms with Gasteiger partial charge in [-0.15, -0.1) is 0 Å². The Balaban J connectivity index is 1.78. The normalized spacial score (nSPS) is 11.0. The van der Waals surface area contributed by atoms with E-state index in [-0.39, 0.29) is 18.2 Å². The zero-order valence-corrected chi connectivity index (χ0v) is 20.6. The highest BCUT2D eigenvalue weighted by Gasteiger charge is 2.11. The Morgan fingerprint density at radius 3 is 2.30 bits per heavy atom. The predicted octanol–water partition coefficient (Wildman–Crippen LogP) is 7.60. The number of benzene rings is 3. The lowest BCUT2D eigenvalue weighted by atomic mass is 10.1. The molecule has 0 aliphatic heterocycles. The molecule has 3 rings (SSSR count). The third-order valence-electron chi connectivity index (χ3n) is 4.20. The molecule has 3 aromatic rings. The third kappa shape index (κ3) is 5.80. The number of ketones is 1. The SMILES string of the molecule is COc1ccc(/C=C/C(=O)c2ccc(F)cc2)cc1COc1c(Br)cc(Br)cc1Br. The summed E-state index contributed by atoms with van der Waals surface area (Å²) in [6.07, 6.45) is 3.17. The van der Waals surface area contributed by atoms with Gasteiger partial charge < -0.3 is 9.47 Å². The number of ether oxygens (including phenoxy) is 2. The van der Waals surface area contributed by atoms with Crippen LogP contribution < -0.4 is 9.47 Å². The summed E-state index contributed by atoms with van der Waals surface area (Å²) in [6.45, 7) is 0.273. The first kappa shape index (κ1) is 22.7. The quantitative estimate of drug-likeness (QED) is 0.208. The number of carbonyl (C=O) groups is 1. The van der Waals surface area contributed by atoms with Gasteiger partial charge in [0.25, 0.3) is 0 Å². The minimum Gasteiger partial charge on any atom is -0.496 e. The van der Waals surface area contributed by atoms with Gasteiger partial charge in [-0.2, -0.15) is 0 Å². The zero-order valence-electron chi connectivity index (χ0n) is 15.8. The lowest BCUT2D eigenvalue weighted by molar-refractivity contribution is 0.104. The van der Waals surface area contributed by atoms with Gasteiger partial charge in [-0.05, 0) is 92.0 Å².